The summed E-state index contributed by atoms with van der Waals surface area (Å²) in [7, 11) is 0. The summed E-state index contributed by atoms with van der Waals surface area (Å²) in [6.45, 7) is 7.07. The smallest absolute Gasteiger partial charge is 0.0166 e. The number of thioether (sulfide) groups is 1. The summed E-state index contributed by atoms with van der Waals surface area (Å²) in [5.74, 6) is 2.57. The fourth-order valence-electron chi connectivity index (χ4n) is 2.80. The van der Waals surface area contributed by atoms with Gasteiger partial charge in [0.05, 0.1) is 0 Å². The molecule has 0 aliphatic carbocycles. The van der Waals surface area contributed by atoms with Crippen LogP contribution in [0.15, 0.2) is 30.3 Å². The first-order valence-corrected chi connectivity index (χ1v) is 8.08. The molecule has 100 valence electrons. The van der Waals surface area contributed by atoms with E-state index in [1.54, 1.807) is 0 Å². The SMILES string of the molecule is CC(Cc1ccccc1)NC1CSCC(C)(C)C1. The van der Waals surface area contributed by atoms with Crippen LogP contribution in [-0.2, 0) is 6.42 Å². The lowest BCUT2D eigenvalue weighted by molar-refractivity contribution is 0.303. The molecule has 0 spiro atoms. The highest BCUT2D eigenvalue weighted by Crippen LogP contribution is 2.33. The first kappa shape index (κ1) is 14.0. The summed E-state index contributed by atoms with van der Waals surface area (Å²) in [4.78, 5) is 0. The molecule has 0 amide bonds. The van der Waals surface area contributed by atoms with E-state index < -0.39 is 0 Å². The molecule has 1 nitrogen and oxygen atoms in total. The van der Waals surface area contributed by atoms with Gasteiger partial charge >= 0.3 is 0 Å². The summed E-state index contributed by atoms with van der Waals surface area (Å²) < 4.78 is 0. The van der Waals surface area contributed by atoms with E-state index in [9.17, 15) is 0 Å². The molecule has 1 aromatic carbocycles. The van der Waals surface area contributed by atoms with Crippen molar-refractivity contribution in [3.8, 4) is 0 Å². The van der Waals surface area contributed by atoms with Crippen LogP contribution in [0.3, 0.4) is 0 Å². The molecular weight excluding hydrogens is 238 g/mol. The second-order valence-corrected chi connectivity index (χ2v) is 7.37. The zero-order valence-electron chi connectivity index (χ0n) is 11.8. The van der Waals surface area contributed by atoms with Gasteiger partial charge in [-0.1, -0.05) is 44.2 Å². The Hall–Kier alpha value is -0.470. The Labute approximate surface area is 116 Å². The highest BCUT2D eigenvalue weighted by Gasteiger charge is 2.28. The van der Waals surface area contributed by atoms with Crippen molar-refractivity contribution in [1.82, 2.24) is 5.32 Å². The van der Waals surface area contributed by atoms with Crippen LogP contribution in [0, 0.1) is 5.41 Å². The van der Waals surface area contributed by atoms with E-state index in [-0.39, 0.29) is 0 Å². The molecule has 1 saturated heterocycles. The quantitative estimate of drug-likeness (QED) is 0.888. The Morgan fingerprint density at radius 2 is 2.06 bits per heavy atom. The van der Waals surface area contributed by atoms with Crippen molar-refractivity contribution >= 4 is 11.8 Å². The van der Waals surface area contributed by atoms with Crippen molar-refractivity contribution in [2.45, 2.75) is 45.7 Å². The zero-order valence-corrected chi connectivity index (χ0v) is 12.6. The van der Waals surface area contributed by atoms with Gasteiger partial charge in [-0.05, 0) is 36.5 Å². The molecule has 0 radical (unpaired) electrons. The maximum Gasteiger partial charge on any atom is 0.0166 e. The van der Waals surface area contributed by atoms with Gasteiger partial charge in [0.1, 0.15) is 0 Å². The van der Waals surface area contributed by atoms with Gasteiger partial charge in [0, 0.05) is 17.8 Å². The standard InChI is InChI=1S/C16H25NS/c1-13(9-14-7-5-4-6-8-14)17-15-10-16(2,3)12-18-11-15/h4-8,13,15,17H,9-12H2,1-3H3. The van der Waals surface area contributed by atoms with E-state index in [1.165, 1.54) is 23.5 Å². The number of hydrogen-bond acceptors (Lipinski definition) is 2. The van der Waals surface area contributed by atoms with Crippen LogP contribution in [-0.4, -0.2) is 23.6 Å². The van der Waals surface area contributed by atoms with Gasteiger partial charge in [-0.15, -0.1) is 0 Å². The summed E-state index contributed by atoms with van der Waals surface area (Å²) in [5.41, 5.74) is 1.92. The largest absolute Gasteiger partial charge is 0.310 e. The maximum absolute atomic E-state index is 3.80. The van der Waals surface area contributed by atoms with Crippen molar-refractivity contribution in [3.63, 3.8) is 0 Å². The predicted octanol–water partition coefficient (Wildman–Crippen LogP) is 3.74. The Morgan fingerprint density at radius 1 is 1.33 bits per heavy atom. The minimum Gasteiger partial charge on any atom is -0.310 e. The molecule has 1 heterocycles. The monoisotopic (exact) mass is 263 g/mol. The molecule has 2 heteroatoms. The topological polar surface area (TPSA) is 12.0 Å². The van der Waals surface area contributed by atoms with Gasteiger partial charge < -0.3 is 5.32 Å². The van der Waals surface area contributed by atoms with Crippen molar-refractivity contribution in [2.24, 2.45) is 5.41 Å². The van der Waals surface area contributed by atoms with Crippen LogP contribution in [0.1, 0.15) is 32.8 Å². The fraction of sp³-hybridized carbons (Fsp3) is 0.625. The van der Waals surface area contributed by atoms with Gasteiger partial charge in [-0.2, -0.15) is 11.8 Å². The number of nitrogens with one attached hydrogen (secondary N) is 1. The molecule has 1 aromatic rings. The second-order valence-electron chi connectivity index (χ2n) is 6.34. The Morgan fingerprint density at radius 3 is 2.72 bits per heavy atom. The van der Waals surface area contributed by atoms with E-state index >= 15 is 0 Å². The third-order valence-electron chi connectivity index (χ3n) is 3.52. The molecule has 1 aliphatic rings. The summed E-state index contributed by atoms with van der Waals surface area (Å²) in [5, 5.41) is 3.80. The number of hydrogen-bond donors (Lipinski definition) is 1. The van der Waals surface area contributed by atoms with Crippen LogP contribution >= 0.6 is 11.8 Å². The first-order chi connectivity index (χ1) is 8.55. The van der Waals surface area contributed by atoms with Gasteiger partial charge in [0.25, 0.3) is 0 Å². The molecule has 0 bridgehead atoms. The highest BCUT2D eigenvalue weighted by atomic mass is 32.2. The van der Waals surface area contributed by atoms with Crippen LogP contribution < -0.4 is 5.32 Å². The summed E-state index contributed by atoms with van der Waals surface area (Å²) in [6, 6.07) is 12.0. The van der Waals surface area contributed by atoms with Crippen LogP contribution in [0.2, 0.25) is 0 Å². The lowest BCUT2D eigenvalue weighted by Gasteiger charge is -2.36. The van der Waals surface area contributed by atoms with E-state index in [0.717, 1.165) is 6.42 Å². The maximum atomic E-state index is 3.80. The number of rotatable bonds is 4. The molecule has 1 aliphatic heterocycles. The summed E-state index contributed by atoms with van der Waals surface area (Å²) >= 11 is 2.10. The average Bonchev–Trinajstić information content (AvgIpc) is 2.28. The summed E-state index contributed by atoms with van der Waals surface area (Å²) in [6.07, 6.45) is 2.43. The van der Waals surface area contributed by atoms with Crippen LogP contribution in [0.5, 0.6) is 0 Å². The molecular formula is C16H25NS. The predicted molar refractivity (Wildman–Crippen MR) is 82.3 cm³/mol. The third kappa shape index (κ3) is 4.33. The first-order valence-electron chi connectivity index (χ1n) is 6.93. The molecule has 1 fully saturated rings. The molecule has 0 aromatic heterocycles. The number of benzene rings is 1. The van der Waals surface area contributed by atoms with Gasteiger partial charge in [0.15, 0.2) is 0 Å². The van der Waals surface area contributed by atoms with E-state index in [4.69, 9.17) is 0 Å². The Bertz CT molecular complexity index is 361. The molecule has 0 saturated carbocycles. The Balaban J connectivity index is 1.82. The fourth-order valence-corrected chi connectivity index (χ4v) is 4.09. The lowest BCUT2D eigenvalue weighted by Crippen LogP contribution is -2.44. The van der Waals surface area contributed by atoms with E-state index in [0.29, 0.717) is 17.5 Å². The normalized spacial score (nSPS) is 24.7. The van der Waals surface area contributed by atoms with Gasteiger partial charge in [-0.25, -0.2) is 0 Å². The second kappa shape index (κ2) is 6.12. The highest BCUT2D eigenvalue weighted by molar-refractivity contribution is 7.99. The van der Waals surface area contributed by atoms with E-state index in [2.05, 4.69) is 68.2 Å². The molecule has 1 N–H and O–H groups in total. The average molecular weight is 263 g/mol. The van der Waals surface area contributed by atoms with Crippen molar-refractivity contribution in [2.75, 3.05) is 11.5 Å². The minimum absolute atomic E-state index is 0.493. The third-order valence-corrected chi connectivity index (χ3v) is 5.14. The van der Waals surface area contributed by atoms with Gasteiger partial charge in [0.2, 0.25) is 0 Å². The minimum atomic E-state index is 0.493. The molecule has 2 rings (SSSR count). The van der Waals surface area contributed by atoms with Crippen LogP contribution in [0.25, 0.3) is 0 Å². The molecule has 2 atom stereocenters. The lowest BCUT2D eigenvalue weighted by atomic mass is 9.87. The Kier molecular flexibility index (Phi) is 4.74. The van der Waals surface area contributed by atoms with Crippen molar-refractivity contribution < 1.29 is 0 Å². The van der Waals surface area contributed by atoms with Crippen LogP contribution in [0.4, 0.5) is 0 Å². The van der Waals surface area contributed by atoms with Crippen molar-refractivity contribution in [1.29, 1.82) is 0 Å². The zero-order chi connectivity index (χ0) is 13.0. The molecule has 18 heavy (non-hydrogen) atoms. The van der Waals surface area contributed by atoms with Gasteiger partial charge in [-0.3, -0.25) is 0 Å². The van der Waals surface area contributed by atoms with Crippen molar-refractivity contribution in [3.05, 3.63) is 35.9 Å². The molecule has 2 unspecified atom stereocenters. The van der Waals surface area contributed by atoms with E-state index in [1.807, 2.05) is 0 Å².